The molecule has 0 aromatic heterocycles. The standard InChI is InChI=1S/C9H19.H2O.Zr/c1-3-5-7-9-8-6-4-2;;/h1,3-9H2,2H3;1H2;/q-1;;. The topological polar surface area (TPSA) is 31.5 Å². The van der Waals surface area contributed by atoms with Crippen molar-refractivity contribution in [2.75, 3.05) is 0 Å². The van der Waals surface area contributed by atoms with Crippen molar-refractivity contribution in [2.24, 2.45) is 0 Å². The first-order valence-electron chi connectivity index (χ1n) is 4.21. The fraction of sp³-hybridized carbons (Fsp3) is 0.889. The maximum Gasteiger partial charge on any atom is 0 e. The van der Waals surface area contributed by atoms with Crippen LogP contribution in [0.2, 0.25) is 0 Å². The molecule has 0 aromatic rings. The maximum absolute atomic E-state index is 3.80. The second-order valence-corrected chi connectivity index (χ2v) is 2.62. The van der Waals surface area contributed by atoms with Gasteiger partial charge < -0.3 is 12.4 Å². The molecule has 0 saturated carbocycles. The van der Waals surface area contributed by atoms with Crippen LogP contribution in [0.3, 0.4) is 0 Å². The Kier molecular flexibility index (Phi) is 27.6. The second-order valence-electron chi connectivity index (χ2n) is 2.62. The average Bonchev–Trinajstić information content (AvgIpc) is 1.89. The van der Waals surface area contributed by atoms with Crippen LogP contribution in [0, 0.1) is 6.92 Å². The Labute approximate surface area is 90.4 Å². The van der Waals surface area contributed by atoms with E-state index >= 15 is 0 Å². The quantitative estimate of drug-likeness (QED) is 0.502. The summed E-state index contributed by atoms with van der Waals surface area (Å²) in [7, 11) is 0. The number of hydrogen-bond acceptors (Lipinski definition) is 0. The van der Waals surface area contributed by atoms with Gasteiger partial charge in [-0.15, -0.1) is 0 Å². The van der Waals surface area contributed by atoms with Gasteiger partial charge >= 0.3 is 0 Å². The third-order valence-electron chi connectivity index (χ3n) is 1.60. The summed E-state index contributed by atoms with van der Waals surface area (Å²) in [6.45, 7) is 6.05. The first kappa shape index (κ1) is 17.8. The SMILES string of the molecule is O.[CH2-]CCCCCCCC.[Zr]. The van der Waals surface area contributed by atoms with Crippen molar-refractivity contribution >= 4 is 0 Å². The molecule has 0 saturated heterocycles. The molecule has 0 aliphatic rings. The van der Waals surface area contributed by atoms with Gasteiger partial charge in [0.1, 0.15) is 0 Å². The number of unbranched alkanes of at least 4 members (excludes halogenated alkanes) is 6. The Balaban J connectivity index is -0.000000320. The van der Waals surface area contributed by atoms with Gasteiger partial charge in [0, 0.05) is 26.2 Å². The summed E-state index contributed by atoms with van der Waals surface area (Å²) < 4.78 is 0. The Morgan fingerprint density at radius 1 is 0.909 bits per heavy atom. The summed E-state index contributed by atoms with van der Waals surface area (Å²) in [6, 6.07) is 0. The first-order chi connectivity index (χ1) is 4.41. The summed E-state index contributed by atoms with van der Waals surface area (Å²) >= 11 is 0. The van der Waals surface area contributed by atoms with Crippen LogP contribution in [0.4, 0.5) is 0 Å². The van der Waals surface area contributed by atoms with E-state index in [1.807, 2.05) is 0 Å². The molecule has 0 bridgehead atoms. The molecule has 0 rings (SSSR count). The van der Waals surface area contributed by atoms with Gasteiger partial charge in [-0.05, 0) is 0 Å². The molecule has 0 aromatic carbocycles. The Bertz CT molecular complexity index is 42.8. The predicted molar refractivity (Wildman–Crippen MR) is 47.0 cm³/mol. The molecule has 0 atom stereocenters. The first-order valence-corrected chi connectivity index (χ1v) is 4.21. The molecule has 1 nitrogen and oxygen atoms in total. The largest absolute Gasteiger partial charge is 0.412 e. The fourth-order valence-electron chi connectivity index (χ4n) is 0.957. The van der Waals surface area contributed by atoms with E-state index in [1.54, 1.807) is 0 Å². The molecule has 0 aliphatic carbocycles. The van der Waals surface area contributed by atoms with Gasteiger partial charge in [-0.25, -0.2) is 0 Å². The van der Waals surface area contributed by atoms with Gasteiger partial charge in [-0.3, -0.25) is 0 Å². The van der Waals surface area contributed by atoms with Crippen molar-refractivity contribution in [3.63, 3.8) is 0 Å². The van der Waals surface area contributed by atoms with Crippen molar-refractivity contribution in [3.8, 4) is 0 Å². The van der Waals surface area contributed by atoms with Crippen molar-refractivity contribution < 1.29 is 31.7 Å². The monoisotopic (exact) mass is 235 g/mol. The van der Waals surface area contributed by atoms with E-state index in [-0.39, 0.29) is 31.7 Å². The van der Waals surface area contributed by atoms with Gasteiger partial charge in [-0.2, -0.15) is 6.42 Å². The van der Waals surface area contributed by atoms with E-state index < -0.39 is 0 Å². The molecule has 0 amide bonds. The van der Waals surface area contributed by atoms with Crippen LogP contribution in [-0.4, -0.2) is 5.48 Å². The van der Waals surface area contributed by atoms with E-state index in [1.165, 1.54) is 38.5 Å². The van der Waals surface area contributed by atoms with E-state index in [2.05, 4.69) is 13.8 Å². The Morgan fingerprint density at radius 2 is 1.36 bits per heavy atom. The summed E-state index contributed by atoms with van der Waals surface area (Å²) in [6.07, 6.45) is 9.45. The van der Waals surface area contributed by atoms with E-state index in [0.717, 1.165) is 6.42 Å². The van der Waals surface area contributed by atoms with Crippen molar-refractivity contribution in [1.29, 1.82) is 0 Å². The normalized spacial score (nSPS) is 8.18. The van der Waals surface area contributed by atoms with Gasteiger partial charge in [0.15, 0.2) is 0 Å². The molecular weight excluding hydrogens is 215 g/mol. The van der Waals surface area contributed by atoms with E-state index in [4.69, 9.17) is 0 Å². The molecule has 11 heavy (non-hydrogen) atoms. The minimum absolute atomic E-state index is 0. The van der Waals surface area contributed by atoms with E-state index in [0.29, 0.717) is 0 Å². The van der Waals surface area contributed by atoms with E-state index in [9.17, 15) is 0 Å². The van der Waals surface area contributed by atoms with Crippen LogP contribution in [0.1, 0.15) is 51.9 Å². The minimum atomic E-state index is 0. The number of rotatable bonds is 6. The molecule has 0 radical (unpaired) electrons. The van der Waals surface area contributed by atoms with Crippen LogP contribution in [0.15, 0.2) is 0 Å². The zero-order chi connectivity index (χ0) is 6.95. The minimum Gasteiger partial charge on any atom is -0.412 e. The molecule has 68 valence electrons. The molecule has 0 heterocycles. The Hall–Kier alpha value is 0.843. The average molecular weight is 236 g/mol. The second kappa shape index (κ2) is 17.1. The van der Waals surface area contributed by atoms with Gasteiger partial charge in [0.2, 0.25) is 0 Å². The van der Waals surface area contributed by atoms with Crippen molar-refractivity contribution in [1.82, 2.24) is 0 Å². The smallest absolute Gasteiger partial charge is 0 e. The third-order valence-corrected chi connectivity index (χ3v) is 1.60. The fourth-order valence-corrected chi connectivity index (χ4v) is 0.957. The Morgan fingerprint density at radius 3 is 1.82 bits per heavy atom. The van der Waals surface area contributed by atoms with Crippen LogP contribution in [-0.2, 0) is 26.2 Å². The van der Waals surface area contributed by atoms with Crippen LogP contribution in [0.5, 0.6) is 0 Å². The molecule has 0 aliphatic heterocycles. The molecule has 0 fully saturated rings. The van der Waals surface area contributed by atoms with Gasteiger partial charge in [0.05, 0.1) is 0 Å². The van der Waals surface area contributed by atoms with Gasteiger partial charge in [0.25, 0.3) is 0 Å². The number of hydrogen-bond donors (Lipinski definition) is 0. The van der Waals surface area contributed by atoms with Crippen molar-refractivity contribution in [2.45, 2.75) is 51.9 Å². The molecule has 0 unspecified atom stereocenters. The maximum atomic E-state index is 3.80. The summed E-state index contributed by atoms with van der Waals surface area (Å²) in [5, 5.41) is 0. The zero-order valence-electron chi connectivity index (χ0n) is 7.66. The summed E-state index contributed by atoms with van der Waals surface area (Å²) in [5.41, 5.74) is 0. The summed E-state index contributed by atoms with van der Waals surface area (Å²) in [5.74, 6) is 0. The molecule has 0 spiro atoms. The van der Waals surface area contributed by atoms with Crippen molar-refractivity contribution in [3.05, 3.63) is 6.92 Å². The molecule has 2 N–H and O–H groups in total. The molecular formula is C9H21OZr-. The molecule has 2 heteroatoms. The summed E-state index contributed by atoms with van der Waals surface area (Å²) in [4.78, 5) is 0. The van der Waals surface area contributed by atoms with Crippen LogP contribution in [0.25, 0.3) is 0 Å². The van der Waals surface area contributed by atoms with Gasteiger partial charge in [-0.1, -0.05) is 45.4 Å². The van der Waals surface area contributed by atoms with Crippen LogP contribution >= 0.6 is 0 Å². The third kappa shape index (κ3) is 18.1. The zero-order valence-corrected chi connectivity index (χ0v) is 10.1. The van der Waals surface area contributed by atoms with Crippen LogP contribution < -0.4 is 0 Å². The predicted octanol–water partition coefficient (Wildman–Crippen LogP) is 2.74.